The maximum atomic E-state index is 16.1. The molecule has 0 bridgehead atoms. The lowest BCUT2D eigenvalue weighted by atomic mass is 9.77. The van der Waals surface area contributed by atoms with Gasteiger partial charge in [0.1, 0.15) is 28.2 Å². The first-order chi connectivity index (χ1) is 20.9. The second kappa shape index (κ2) is 12.6. The highest BCUT2D eigenvalue weighted by Gasteiger charge is 2.44. The number of hydrogen-bond acceptors (Lipinski definition) is 7. The lowest BCUT2D eigenvalue weighted by molar-refractivity contribution is 0.0778. The number of piperidine rings is 1. The van der Waals surface area contributed by atoms with Gasteiger partial charge in [-0.15, -0.1) is 0 Å². The van der Waals surface area contributed by atoms with E-state index in [4.69, 9.17) is 21.1 Å². The van der Waals surface area contributed by atoms with Crippen LogP contribution in [-0.4, -0.2) is 65.2 Å². The molecule has 3 heterocycles. The molecule has 2 saturated heterocycles. The van der Waals surface area contributed by atoms with Crippen molar-refractivity contribution in [3.63, 3.8) is 0 Å². The number of likely N-dealkylation sites (tertiary alicyclic amines) is 1. The van der Waals surface area contributed by atoms with E-state index in [1.165, 1.54) is 38.5 Å². The average Bonchev–Trinajstić information content (AvgIpc) is 3.40. The summed E-state index contributed by atoms with van der Waals surface area (Å²) in [6.45, 7) is 3.72. The van der Waals surface area contributed by atoms with Crippen molar-refractivity contribution in [1.29, 1.82) is 0 Å². The topological polar surface area (TPSA) is 75.2 Å². The van der Waals surface area contributed by atoms with E-state index in [-0.39, 0.29) is 22.7 Å². The van der Waals surface area contributed by atoms with Crippen LogP contribution in [-0.2, 0) is 16.6 Å². The quantitative estimate of drug-likeness (QED) is 0.199. The molecule has 2 fully saturated rings. The van der Waals surface area contributed by atoms with Gasteiger partial charge in [-0.05, 0) is 57.1 Å². The van der Waals surface area contributed by atoms with Gasteiger partial charge in [0.15, 0.2) is 10.7 Å². The minimum absolute atomic E-state index is 0.0926. The molecule has 238 valence electrons. The van der Waals surface area contributed by atoms with Crippen LogP contribution in [0.4, 0.5) is 24.7 Å². The van der Waals surface area contributed by atoms with Crippen molar-refractivity contribution in [3.05, 3.63) is 70.6 Å². The van der Waals surface area contributed by atoms with Gasteiger partial charge in [-0.2, -0.15) is 4.39 Å². The van der Waals surface area contributed by atoms with Gasteiger partial charge in [-0.3, -0.25) is 0 Å². The Bertz CT molecular complexity index is 1650. The SMILES string of the molecule is COc1ccc(CN(c2cccc(F)n2)S(=O)(=O)c2c(F)cc(N3CCC(C)(C4CCCCN4C)C3)c(Cl)c2F)c(OC)c1. The van der Waals surface area contributed by atoms with Crippen LogP contribution in [0.25, 0.3) is 0 Å². The van der Waals surface area contributed by atoms with Gasteiger partial charge in [0.25, 0.3) is 10.0 Å². The number of sulfonamides is 1. The van der Waals surface area contributed by atoms with Crippen LogP contribution in [0.1, 0.15) is 38.2 Å². The Balaban J connectivity index is 1.53. The van der Waals surface area contributed by atoms with Gasteiger partial charge in [-0.25, -0.2) is 26.5 Å². The molecule has 13 heteroatoms. The molecule has 3 aromatic rings. The lowest BCUT2D eigenvalue weighted by Gasteiger charge is -2.43. The Hall–Kier alpha value is -3.22. The maximum Gasteiger partial charge on any atom is 0.271 e. The molecule has 0 N–H and O–H groups in total. The number of ether oxygens (including phenoxy) is 2. The predicted octanol–water partition coefficient (Wildman–Crippen LogP) is 6.27. The van der Waals surface area contributed by atoms with Crippen molar-refractivity contribution in [1.82, 2.24) is 9.88 Å². The number of halogens is 4. The molecule has 0 amide bonds. The Morgan fingerprint density at radius 2 is 1.86 bits per heavy atom. The summed E-state index contributed by atoms with van der Waals surface area (Å²) >= 11 is 6.49. The first kappa shape index (κ1) is 32.2. The number of aromatic nitrogens is 1. The lowest BCUT2D eigenvalue weighted by Crippen LogP contribution is -2.48. The van der Waals surface area contributed by atoms with E-state index in [1.54, 1.807) is 6.07 Å². The highest BCUT2D eigenvalue weighted by Crippen LogP contribution is 2.45. The fourth-order valence-electron chi connectivity index (χ4n) is 6.52. The summed E-state index contributed by atoms with van der Waals surface area (Å²) in [5, 5.41) is -0.500. The van der Waals surface area contributed by atoms with Crippen LogP contribution in [0.2, 0.25) is 5.02 Å². The molecule has 2 unspecified atom stereocenters. The summed E-state index contributed by atoms with van der Waals surface area (Å²) in [5.41, 5.74) is 0.276. The second-order valence-electron chi connectivity index (χ2n) is 11.7. The largest absolute Gasteiger partial charge is 0.497 e. The summed E-state index contributed by atoms with van der Waals surface area (Å²) in [5.74, 6) is -3.40. The van der Waals surface area contributed by atoms with Crippen LogP contribution >= 0.6 is 11.6 Å². The Morgan fingerprint density at radius 1 is 1.09 bits per heavy atom. The molecule has 5 rings (SSSR count). The van der Waals surface area contributed by atoms with E-state index >= 15 is 8.78 Å². The molecule has 2 aliphatic rings. The third kappa shape index (κ3) is 6.03. The molecule has 0 aliphatic carbocycles. The summed E-state index contributed by atoms with van der Waals surface area (Å²) < 4.78 is 85.6. The summed E-state index contributed by atoms with van der Waals surface area (Å²) in [6.07, 6.45) is 4.10. The number of anilines is 2. The molecule has 2 aliphatic heterocycles. The fraction of sp³-hybridized carbons (Fsp3) is 0.452. The molecule has 2 atom stereocenters. The zero-order valence-electron chi connectivity index (χ0n) is 25.1. The normalized spacial score (nSPS) is 21.0. The van der Waals surface area contributed by atoms with Crippen molar-refractivity contribution in [2.45, 2.75) is 50.1 Å². The number of benzene rings is 2. The van der Waals surface area contributed by atoms with E-state index in [9.17, 15) is 12.8 Å². The van der Waals surface area contributed by atoms with Crippen molar-refractivity contribution < 1.29 is 31.1 Å². The van der Waals surface area contributed by atoms with Crippen LogP contribution in [0.5, 0.6) is 11.5 Å². The average molecular weight is 653 g/mol. The number of methoxy groups -OCH3 is 2. The number of rotatable bonds is 9. The van der Waals surface area contributed by atoms with Gasteiger partial charge in [-0.1, -0.05) is 31.0 Å². The second-order valence-corrected chi connectivity index (χ2v) is 13.8. The van der Waals surface area contributed by atoms with Crippen LogP contribution in [0.15, 0.2) is 47.4 Å². The zero-order valence-corrected chi connectivity index (χ0v) is 26.7. The highest BCUT2D eigenvalue weighted by molar-refractivity contribution is 7.92. The Morgan fingerprint density at radius 3 is 2.55 bits per heavy atom. The van der Waals surface area contributed by atoms with Crippen molar-refractivity contribution in [2.75, 3.05) is 50.1 Å². The molecule has 0 saturated carbocycles. The first-order valence-electron chi connectivity index (χ1n) is 14.4. The van der Waals surface area contributed by atoms with Crippen LogP contribution in [0, 0.1) is 23.0 Å². The van der Waals surface area contributed by atoms with E-state index in [1.807, 2.05) is 4.90 Å². The van der Waals surface area contributed by atoms with Crippen molar-refractivity contribution in [3.8, 4) is 11.5 Å². The number of pyridine rings is 1. The van der Waals surface area contributed by atoms with E-state index in [0.717, 1.165) is 44.4 Å². The summed E-state index contributed by atoms with van der Waals surface area (Å²) in [6, 6.07) is 9.44. The third-order valence-corrected chi connectivity index (χ3v) is 11.0. The van der Waals surface area contributed by atoms with E-state index in [2.05, 4.69) is 23.9 Å². The van der Waals surface area contributed by atoms with Gasteiger partial charge in [0.05, 0.1) is 26.5 Å². The minimum Gasteiger partial charge on any atom is -0.497 e. The van der Waals surface area contributed by atoms with E-state index < -0.39 is 44.1 Å². The van der Waals surface area contributed by atoms with Gasteiger partial charge in [0.2, 0.25) is 5.95 Å². The molecule has 44 heavy (non-hydrogen) atoms. The van der Waals surface area contributed by atoms with Gasteiger partial charge >= 0.3 is 0 Å². The first-order valence-corrected chi connectivity index (χ1v) is 16.2. The molecule has 2 aromatic carbocycles. The van der Waals surface area contributed by atoms with E-state index in [0.29, 0.717) is 34.7 Å². The molecular weight excluding hydrogens is 617 g/mol. The maximum absolute atomic E-state index is 16.1. The van der Waals surface area contributed by atoms with Crippen molar-refractivity contribution in [2.24, 2.45) is 5.41 Å². The van der Waals surface area contributed by atoms with Crippen LogP contribution in [0.3, 0.4) is 0 Å². The minimum atomic E-state index is -5.02. The zero-order chi connectivity index (χ0) is 31.8. The van der Waals surface area contributed by atoms with Gasteiger partial charge in [0, 0.05) is 42.2 Å². The summed E-state index contributed by atoms with van der Waals surface area (Å²) in [4.78, 5) is 6.62. The number of nitrogens with zero attached hydrogens (tertiary/aromatic N) is 4. The van der Waals surface area contributed by atoms with Gasteiger partial charge < -0.3 is 19.3 Å². The standard InChI is InChI=1S/C31H36ClF3N4O4S/c1-31(25-8-5-6-14-37(25)2)13-15-38(19-31)23-17-22(33)30(29(35)28(23)32)44(40,41)39(27-10-7-9-26(34)36-27)18-20-11-12-21(42-3)16-24(20)43-4/h7,9-12,16-17,25H,5-6,8,13-15,18-19H2,1-4H3. The third-order valence-electron chi connectivity index (χ3n) is 8.83. The van der Waals surface area contributed by atoms with Crippen LogP contribution < -0.4 is 18.7 Å². The Labute approximate surface area is 261 Å². The fourth-order valence-corrected chi connectivity index (χ4v) is 8.36. The van der Waals surface area contributed by atoms with Crippen molar-refractivity contribution >= 4 is 33.1 Å². The number of hydrogen-bond donors (Lipinski definition) is 0. The predicted molar refractivity (Wildman–Crippen MR) is 164 cm³/mol. The molecule has 8 nitrogen and oxygen atoms in total. The molecule has 0 radical (unpaired) electrons. The molecule has 0 spiro atoms. The monoisotopic (exact) mass is 652 g/mol. The molecule has 1 aromatic heterocycles. The highest BCUT2D eigenvalue weighted by atomic mass is 35.5. The summed E-state index contributed by atoms with van der Waals surface area (Å²) in [7, 11) is -0.0855. The molecular formula is C31H36ClF3N4O4S. The Kier molecular flexibility index (Phi) is 9.25. The smallest absolute Gasteiger partial charge is 0.271 e.